The third-order valence-electron chi connectivity index (χ3n) is 4.28. The molecule has 0 fully saturated rings. The van der Waals surface area contributed by atoms with Crippen molar-refractivity contribution >= 4 is 34.0 Å². The molecule has 0 aliphatic rings. The van der Waals surface area contributed by atoms with Crippen LogP contribution in [0.4, 0.5) is 10.8 Å². The fraction of sp³-hybridized carbons (Fsp3) is 0.261. The number of benzene rings is 2. The Balaban J connectivity index is 1.76. The fourth-order valence-corrected chi connectivity index (χ4v) is 3.69. The van der Waals surface area contributed by atoms with Crippen molar-refractivity contribution in [2.75, 3.05) is 11.9 Å². The number of carbonyl (C=O) groups is 2. The van der Waals surface area contributed by atoms with Gasteiger partial charge in [-0.1, -0.05) is 42.5 Å². The van der Waals surface area contributed by atoms with E-state index in [2.05, 4.69) is 15.6 Å². The van der Waals surface area contributed by atoms with Gasteiger partial charge in [-0.2, -0.15) is 0 Å². The molecule has 3 rings (SSSR count). The predicted octanol–water partition coefficient (Wildman–Crippen LogP) is 4.36. The van der Waals surface area contributed by atoms with Crippen molar-refractivity contribution in [1.82, 2.24) is 15.2 Å². The van der Waals surface area contributed by atoms with Gasteiger partial charge in [-0.15, -0.1) is 11.3 Å². The monoisotopic (exact) mass is 422 g/mol. The summed E-state index contributed by atoms with van der Waals surface area (Å²) in [6.45, 7) is 6.12. The van der Waals surface area contributed by atoms with Gasteiger partial charge < -0.3 is 15.5 Å². The van der Waals surface area contributed by atoms with E-state index >= 15 is 0 Å². The number of hydrogen-bond acceptors (Lipinski definition) is 5. The number of aryl methyl sites for hydroxylation is 1. The molecule has 0 aliphatic carbocycles. The van der Waals surface area contributed by atoms with Crippen molar-refractivity contribution < 1.29 is 9.59 Å². The van der Waals surface area contributed by atoms with E-state index < -0.39 is 0 Å². The fourth-order valence-electron chi connectivity index (χ4n) is 2.98. The Labute approximate surface area is 181 Å². The van der Waals surface area contributed by atoms with Crippen LogP contribution in [0.3, 0.4) is 0 Å². The molecule has 1 aromatic heterocycles. The summed E-state index contributed by atoms with van der Waals surface area (Å²) in [7, 11) is 0. The number of nitrogens with zero attached hydrogens (tertiary/aromatic N) is 2. The summed E-state index contributed by atoms with van der Waals surface area (Å²) in [4.78, 5) is 31.5. The van der Waals surface area contributed by atoms with Crippen LogP contribution in [0.25, 0.3) is 0 Å². The molecule has 0 radical (unpaired) electrons. The molecule has 0 atom stereocenters. The van der Waals surface area contributed by atoms with E-state index in [-0.39, 0.29) is 24.4 Å². The van der Waals surface area contributed by atoms with Gasteiger partial charge in [0.15, 0.2) is 5.13 Å². The highest BCUT2D eigenvalue weighted by molar-refractivity contribution is 7.14. The normalized spacial score (nSPS) is 10.7. The van der Waals surface area contributed by atoms with Crippen LogP contribution >= 0.6 is 11.3 Å². The summed E-state index contributed by atoms with van der Waals surface area (Å²) in [5, 5.41) is 8.43. The average Bonchev–Trinajstić information content (AvgIpc) is 3.15. The van der Waals surface area contributed by atoms with Crippen molar-refractivity contribution in [3.8, 4) is 0 Å². The Kier molecular flexibility index (Phi) is 7.19. The topological polar surface area (TPSA) is 74.3 Å². The van der Waals surface area contributed by atoms with Crippen LogP contribution in [-0.2, 0) is 11.3 Å². The zero-order valence-electron chi connectivity index (χ0n) is 17.4. The van der Waals surface area contributed by atoms with E-state index in [1.165, 1.54) is 16.2 Å². The lowest BCUT2D eigenvalue weighted by molar-refractivity contribution is -0.122. The van der Waals surface area contributed by atoms with Crippen LogP contribution in [0.5, 0.6) is 0 Å². The van der Waals surface area contributed by atoms with Crippen molar-refractivity contribution in [2.45, 2.75) is 33.4 Å². The lowest BCUT2D eigenvalue weighted by Gasteiger charge is -2.22. The van der Waals surface area contributed by atoms with Crippen LogP contribution in [0, 0.1) is 6.92 Å². The number of aromatic nitrogens is 1. The number of carbonyl (C=O) groups excluding carboxylic acids is 2. The number of amides is 2. The zero-order chi connectivity index (χ0) is 21.5. The number of hydrogen-bond donors (Lipinski definition) is 2. The molecule has 1 heterocycles. The largest absolute Gasteiger partial charge is 0.352 e. The van der Waals surface area contributed by atoms with E-state index in [1.54, 1.807) is 5.38 Å². The lowest BCUT2D eigenvalue weighted by atomic mass is 10.2. The third kappa shape index (κ3) is 6.15. The molecule has 0 saturated heterocycles. The van der Waals surface area contributed by atoms with Gasteiger partial charge in [0.1, 0.15) is 12.2 Å². The van der Waals surface area contributed by atoms with Crippen LogP contribution in [0.15, 0.2) is 60.0 Å². The number of anilines is 2. The first-order valence-electron chi connectivity index (χ1n) is 9.82. The van der Waals surface area contributed by atoms with Gasteiger partial charge in [0.2, 0.25) is 5.91 Å². The summed E-state index contributed by atoms with van der Waals surface area (Å²) < 4.78 is 0. The Bertz CT molecular complexity index is 1000. The standard InChI is InChI=1S/C23H26N4O2S/c1-16(2)24-21(28)14-27(13-18-9-5-4-6-10-18)22(29)20-15-30-23(26-20)25-19-11-7-8-17(3)12-19/h4-12,15-16H,13-14H2,1-3H3,(H,24,28)(H,25,26). The quantitative estimate of drug-likeness (QED) is 0.566. The summed E-state index contributed by atoms with van der Waals surface area (Å²) >= 11 is 1.36. The molecule has 156 valence electrons. The second-order valence-electron chi connectivity index (χ2n) is 7.40. The number of rotatable bonds is 8. The van der Waals surface area contributed by atoms with E-state index in [0.29, 0.717) is 17.4 Å². The third-order valence-corrected chi connectivity index (χ3v) is 5.04. The molecule has 0 aliphatic heterocycles. The maximum Gasteiger partial charge on any atom is 0.274 e. The smallest absolute Gasteiger partial charge is 0.274 e. The van der Waals surface area contributed by atoms with E-state index in [1.807, 2.05) is 75.4 Å². The Morgan fingerprint density at radius 3 is 2.57 bits per heavy atom. The van der Waals surface area contributed by atoms with Gasteiger partial charge >= 0.3 is 0 Å². The maximum atomic E-state index is 13.2. The molecule has 7 heteroatoms. The first kappa shape index (κ1) is 21.5. The van der Waals surface area contributed by atoms with E-state index in [4.69, 9.17) is 0 Å². The second-order valence-corrected chi connectivity index (χ2v) is 8.26. The first-order chi connectivity index (χ1) is 14.4. The highest BCUT2D eigenvalue weighted by Gasteiger charge is 2.22. The molecule has 2 amide bonds. The number of thiazole rings is 1. The predicted molar refractivity (Wildman–Crippen MR) is 121 cm³/mol. The van der Waals surface area contributed by atoms with Gasteiger partial charge in [0.25, 0.3) is 5.91 Å². The maximum absolute atomic E-state index is 13.2. The summed E-state index contributed by atoms with van der Waals surface area (Å²) in [6.07, 6.45) is 0. The van der Waals surface area contributed by atoms with Crippen molar-refractivity contribution in [3.63, 3.8) is 0 Å². The van der Waals surface area contributed by atoms with Crippen LogP contribution < -0.4 is 10.6 Å². The van der Waals surface area contributed by atoms with Crippen LogP contribution in [-0.4, -0.2) is 34.3 Å². The highest BCUT2D eigenvalue weighted by Crippen LogP contribution is 2.22. The zero-order valence-corrected chi connectivity index (χ0v) is 18.2. The molecular weight excluding hydrogens is 396 g/mol. The Morgan fingerprint density at radius 2 is 1.87 bits per heavy atom. The lowest BCUT2D eigenvalue weighted by Crippen LogP contribution is -2.42. The molecule has 3 aromatic rings. The molecule has 0 unspecified atom stereocenters. The van der Waals surface area contributed by atoms with Crippen molar-refractivity contribution in [1.29, 1.82) is 0 Å². The molecular formula is C23H26N4O2S. The molecule has 2 N–H and O–H groups in total. The van der Waals surface area contributed by atoms with Gasteiger partial charge in [-0.3, -0.25) is 9.59 Å². The van der Waals surface area contributed by atoms with Crippen molar-refractivity contribution in [2.24, 2.45) is 0 Å². The molecule has 0 saturated carbocycles. The minimum atomic E-state index is -0.272. The molecule has 0 bridgehead atoms. The first-order valence-corrected chi connectivity index (χ1v) is 10.7. The van der Waals surface area contributed by atoms with E-state index in [0.717, 1.165) is 16.8 Å². The van der Waals surface area contributed by atoms with Gasteiger partial charge in [-0.05, 0) is 44.0 Å². The summed E-state index contributed by atoms with van der Waals surface area (Å²) in [5.74, 6) is -0.464. The molecule has 0 spiro atoms. The minimum Gasteiger partial charge on any atom is -0.352 e. The molecule has 6 nitrogen and oxygen atoms in total. The van der Waals surface area contributed by atoms with Gasteiger partial charge in [0, 0.05) is 23.7 Å². The second kappa shape index (κ2) is 10.0. The highest BCUT2D eigenvalue weighted by atomic mass is 32.1. The Morgan fingerprint density at radius 1 is 1.10 bits per heavy atom. The SMILES string of the molecule is Cc1cccc(Nc2nc(C(=O)N(CC(=O)NC(C)C)Cc3ccccc3)cs2)c1. The van der Waals surface area contributed by atoms with Gasteiger partial charge in [-0.25, -0.2) is 4.98 Å². The van der Waals surface area contributed by atoms with Crippen molar-refractivity contribution in [3.05, 3.63) is 76.8 Å². The molecule has 2 aromatic carbocycles. The minimum absolute atomic E-state index is 0.00980. The van der Waals surface area contributed by atoms with Crippen LogP contribution in [0.2, 0.25) is 0 Å². The van der Waals surface area contributed by atoms with Gasteiger partial charge in [0.05, 0.1) is 0 Å². The summed E-state index contributed by atoms with van der Waals surface area (Å²) in [5.41, 5.74) is 3.33. The molecule has 30 heavy (non-hydrogen) atoms. The summed E-state index contributed by atoms with van der Waals surface area (Å²) in [6, 6.07) is 17.6. The van der Waals surface area contributed by atoms with Crippen LogP contribution in [0.1, 0.15) is 35.5 Å². The average molecular weight is 423 g/mol. The van der Waals surface area contributed by atoms with E-state index in [9.17, 15) is 9.59 Å². The number of nitrogens with one attached hydrogen (secondary N) is 2. The Hall–Kier alpha value is -3.19.